The van der Waals surface area contributed by atoms with E-state index in [1.54, 1.807) is 18.2 Å². The minimum atomic E-state index is -1.84. The number of benzene rings is 2. The van der Waals surface area contributed by atoms with E-state index in [-0.39, 0.29) is 18.6 Å². The fraction of sp³-hybridized carbons (Fsp3) is 0.0588. The molecule has 2 rings (SSSR count). The van der Waals surface area contributed by atoms with Crippen LogP contribution in [0.2, 0.25) is 0 Å². The third-order valence-electron chi connectivity index (χ3n) is 3.28. The minimum Gasteiger partial charge on any atom is -0.478 e. The molecule has 0 amide bonds. The molecule has 0 aliphatic rings. The Morgan fingerprint density at radius 1 is 0.640 bits per heavy atom. The van der Waals surface area contributed by atoms with Gasteiger partial charge in [0.05, 0.1) is 22.3 Å². The van der Waals surface area contributed by atoms with Crippen LogP contribution in [0.5, 0.6) is 0 Å². The summed E-state index contributed by atoms with van der Waals surface area (Å²) in [6.07, 6.45) is 0. The summed E-state index contributed by atoms with van der Waals surface area (Å²) in [6, 6.07) is 8.50. The first kappa shape index (κ1) is 19.4. The highest BCUT2D eigenvalue weighted by atomic mass is 16.4. The van der Waals surface area contributed by atoms with E-state index in [9.17, 15) is 39.6 Å². The molecule has 2 aromatic rings. The zero-order valence-electron chi connectivity index (χ0n) is 11.9. The Morgan fingerprint density at radius 3 is 1.52 bits per heavy atom. The molecule has 25 heavy (non-hydrogen) atoms. The molecule has 0 radical (unpaired) electrons. The fourth-order valence-corrected chi connectivity index (χ4v) is 2.36. The number of carboxylic acid groups (broad SMARTS) is 4. The zero-order chi connectivity index (χ0) is 18.0. The Morgan fingerprint density at radius 2 is 1.12 bits per heavy atom. The predicted molar refractivity (Wildman–Crippen MR) is 86.4 cm³/mol. The molecule has 0 bridgehead atoms. The minimum absolute atomic E-state index is 0. The molecule has 0 aromatic heterocycles. The smallest absolute Gasteiger partial charge is 0.337 e. The van der Waals surface area contributed by atoms with Crippen molar-refractivity contribution in [3.05, 3.63) is 58.7 Å². The molecule has 0 heterocycles. The Bertz CT molecular complexity index is 868. The Kier molecular flexibility index (Phi) is 5.62. The van der Waals surface area contributed by atoms with Gasteiger partial charge in [-0.2, -0.15) is 0 Å². The SMILES string of the molecule is C.O=C(O)c1cc(-c2ccccc2)c(C(=O)O)c(C(=O)O)c1C(=O)O. The summed E-state index contributed by atoms with van der Waals surface area (Å²) >= 11 is 0. The van der Waals surface area contributed by atoms with E-state index in [0.29, 0.717) is 0 Å². The van der Waals surface area contributed by atoms with Gasteiger partial charge in [-0.15, -0.1) is 0 Å². The van der Waals surface area contributed by atoms with Crippen molar-refractivity contribution in [2.24, 2.45) is 0 Å². The third-order valence-corrected chi connectivity index (χ3v) is 3.28. The molecular weight excluding hydrogens is 332 g/mol. The monoisotopic (exact) mass is 346 g/mol. The summed E-state index contributed by atoms with van der Waals surface area (Å²) < 4.78 is 0. The van der Waals surface area contributed by atoms with E-state index < -0.39 is 46.1 Å². The van der Waals surface area contributed by atoms with Crippen molar-refractivity contribution in [2.75, 3.05) is 0 Å². The molecule has 2 aromatic carbocycles. The maximum absolute atomic E-state index is 11.6. The van der Waals surface area contributed by atoms with Gasteiger partial charge in [0, 0.05) is 0 Å². The molecular formula is C17H14O8. The second-order valence-electron chi connectivity index (χ2n) is 4.68. The van der Waals surface area contributed by atoms with Crippen molar-refractivity contribution < 1.29 is 39.6 Å². The Labute approximate surface area is 141 Å². The lowest BCUT2D eigenvalue weighted by Crippen LogP contribution is -2.20. The molecule has 0 fully saturated rings. The van der Waals surface area contributed by atoms with Gasteiger partial charge in [-0.1, -0.05) is 37.8 Å². The van der Waals surface area contributed by atoms with Crippen molar-refractivity contribution in [2.45, 2.75) is 7.43 Å². The highest BCUT2D eigenvalue weighted by Gasteiger charge is 2.32. The molecule has 0 aliphatic carbocycles. The molecule has 0 unspecified atom stereocenters. The second kappa shape index (κ2) is 7.26. The summed E-state index contributed by atoms with van der Waals surface area (Å²) in [7, 11) is 0. The van der Waals surface area contributed by atoms with E-state index >= 15 is 0 Å². The van der Waals surface area contributed by atoms with Crippen LogP contribution in [0.15, 0.2) is 36.4 Å². The van der Waals surface area contributed by atoms with Crippen LogP contribution in [0.4, 0.5) is 0 Å². The maximum Gasteiger partial charge on any atom is 0.337 e. The van der Waals surface area contributed by atoms with E-state index in [0.717, 1.165) is 6.07 Å². The number of hydrogen-bond donors (Lipinski definition) is 4. The summed E-state index contributed by atoms with van der Waals surface area (Å²) in [5, 5.41) is 37.1. The van der Waals surface area contributed by atoms with Crippen LogP contribution in [-0.4, -0.2) is 44.3 Å². The van der Waals surface area contributed by atoms with Gasteiger partial charge in [-0.05, 0) is 17.2 Å². The van der Waals surface area contributed by atoms with Gasteiger partial charge < -0.3 is 20.4 Å². The van der Waals surface area contributed by atoms with Crippen molar-refractivity contribution in [3.63, 3.8) is 0 Å². The van der Waals surface area contributed by atoms with E-state index in [2.05, 4.69) is 0 Å². The number of hydrogen-bond acceptors (Lipinski definition) is 4. The van der Waals surface area contributed by atoms with Gasteiger partial charge in [0.1, 0.15) is 0 Å². The van der Waals surface area contributed by atoms with Crippen LogP contribution in [-0.2, 0) is 0 Å². The Balaban J connectivity index is 0.00000312. The van der Waals surface area contributed by atoms with Gasteiger partial charge in [-0.3, -0.25) is 0 Å². The summed E-state index contributed by atoms with van der Waals surface area (Å²) in [5.41, 5.74) is -3.68. The number of aromatic carboxylic acids is 4. The van der Waals surface area contributed by atoms with Gasteiger partial charge in [0.15, 0.2) is 0 Å². The van der Waals surface area contributed by atoms with Crippen molar-refractivity contribution >= 4 is 23.9 Å². The largest absolute Gasteiger partial charge is 0.478 e. The molecule has 0 spiro atoms. The van der Waals surface area contributed by atoms with Crippen molar-refractivity contribution in [1.82, 2.24) is 0 Å². The molecule has 0 saturated heterocycles. The topological polar surface area (TPSA) is 149 Å². The van der Waals surface area contributed by atoms with Crippen LogP contribution < -0.4 is 0 Å². The average molecular weight is 346 g/mol. The van der Waals surface area contributed by atoms with Crippen LogP contribution in [0.3, 0.4) is 0 Å². The first-order valence-corrected chi connectivity index (χ1v) is 6.45. The van der Waals surface area contributed by atoms with Crippen molar-refractivity contribution in [1.29, 1.82) is 0 Å². The normalized spacial score (nSPS) is 9.76. The maximum atomic E-state index is 11.6. The molecule has 0 atom stereocenters. The highest BCUT2D eigenvalue weighted by Crippen LogP contribution is 2.32. The number of carbonyl (C=O) groups is 4. The van der Waals surface area contributed by atoms with Gasteiger partial charge in [0.2, 0.25) is 0 Å². The van der Waals surface area contributed by atoms with Crippen molar-refractivity contribution in [3.8, 4) is 11.1 Å². The summed E-state index contributed by atoms with van der Waals surface area (Å²) in [6.45, 7) is 0. The summed E-state index contributed by atoms with van der Waals surface area (Å²) in [5.74, 6) is -7.04. The van der Waals surface area contributed by atoms with E-state index in [4.69, 9.17) is 0 Å². The lowest BCUT2D eigenvalue weighted by atomic mass is 9.88. The number of carboxylic acids is 4. The Hall–Kier alpha value is -3.68. The van der Waals surface area contributed by atoms with E-state index in [1.807, 2.05) is 0 Å². The first-order valence-electron chi connectivity index (χ1n) is 6.45. The van der Waals surface area contributed by atoms with E-state index in [1.165, 1.54) is 12.1 Å². The summed E-state index contributed by atoms with van der Waals surface area (Å²) in [4.78, 5) is 45.8. The highest BCUT2D eigenvalue weighted by molar-refractivity contribution is 6.16. The molecule has 0 aliphatic heterocycles. The zero-order valence-corrected chi connectivity index (χ0v) is 11.9. The standard InChI is InChI=1S/C16H10O8.CH4/c17-13(18)9-6-8(7-4-2-1-3-5-7)10(14(19)20)12(16(23)24)11(9)15(21)22;/h1-6H,(H,17,18)(H,19,20)(H,21,22)(H,23,24);1H4. The third kappa shape index (κ3) is 3.47. The first-order chi connectivity index (χ1) is 11.3. The van der Waals surface area contributed by atoms with Gasteiger partial charge in [0.25, 0.3) is 0 Å². The van der Waals surface area contributed by atoms with Gasteiger partial charge in [-0.25, -0.2) is 19.2 Å². The lowest BCUT2D eigenvalue weighted by Gasteiger charge is -2.14. The second-order valence-corrected chi connectivity index (χ2v) is 4.68. The molecule has 130 valence electrons. The van der Waals surface area contributed by atoms with Crippen LogP contribution in [0, 0.1) is 0 Å². The predicted octanol–water partition coefficient (Wildman–Crippen LogP) is 2.78. The molecule has 4 N–H and O–H groups in total. The van der Waals surface area contributed by atoms with Gasteiger partial charge >= 0.3 is 23.9 Å². The molecule has 8 nitrogen and oxygen atoms in total. The molecule has 8 heteroatoms. The van der Waals surface area contributed by atoms with Crippen LogP contribution in [0.25, 0.3) is 11.1 Å². The average Bonchev–Trinajstić information content (AvgIpc) is 2.53. The quantitative estimate of drug-likeness (QED) is 0.645. The number of rotatable bonds is 5. The molecule has 0 saturated carbocycles. The van der Waals surface area contributed by atoms with Crippen LogP contribution in [0.1, 0.15) is 48.9 Å². The fourth-order valence-electron chi connectivity index (χ4n) is 2.36. The van der Waals surface area contributed by atoms with Crippen LogP contribution >= 0.6 is 0 Å². The lowest BCUT2D eigenvalue weighted by molar-refractivity contribution is 0.0620.